The summed E-state index contributed by atoms with van der Waals surface area (Å²) in [6.45, 7) is 7.85. The molecule has 5 aliphatic rings. The Hall–Kier alpha value is -8.17. The Balaban J connectivity index is 0.782. The third-order valence-electron chi connectivity index (χ3n) is 16.7. The minimum atomic E-state index is -1.12. The first kappa shape index (κ1) is 53.2. The van der Waals surface area contributed by atoms with E-state index < -0.39 is 36.6 Å². The Bertz CT molecular complexity index is 3770. The SMILES string of the molecule is Cc1c(F)cc2[nH]ncc2c1-c1c(C2CC2)cc2c(N3C[C@@H]4C[C@H]3CN4)nc(OC3CCOCC3)nc2c1OCc1ccc(-c2cn([C@H](C(=O)N3C[C@H](O)C=C3C(=O)N[C@@H](CO)c3ccc(-c4ccccc4F)cc3)C(C)C)nn2)cc1. The molecule has 0 radical (unpaired) electrons. The number of ether oxygens (including phenoxy) is 3. The van der Waals surface area contributed by atoms with E-state index in [9.17, 15) is 24.2 Å². The van der Waals surface area contributed by atoms with Crippen LogP contribution in [0.25, 0.3) is 55.3 Å². The van der Waals surface area contributed by atoms with E-state index in [1.807, 2.05) is 38.1 Å². The van der Waals surface area contributed by atoms with Crippen LogP contribution in [0.2, 0.25) is 0 Å². The molecule has 4 aliphatic heterocycles. The van der Waals surface area contributed by atoms with Gasteiger partial charge in [0.1, 0.15) is 53.1 Å². The van der Waals surface area contributed by atoms with Crippen molar-refractivity contribution in [2.24, 2.45) is 5.92 Å². The number of aliphatic hydroxyl groups excluding tert-OH is 2. The third-order valence-corrected chi connectivity index (χ3v) is 16.7. The molecule has 82 heavy (non-hydrogen) atoms. The van der Waals surface area contributed by atoms with Crippen molar-refractivity contribution >= 4 is 39.4 Å². The molecule has 5 N–H and O–H groups in total. The molecule has 3 aromatic heterocycles. The van der Waals surface area contributed by atoms with Crippen LogP contribution < -0.4 is 25.0 Å². The number of aromatic amines is 1. The fraction of sp³-hybridized carbons (Fsp3) is 0.371. The van der Waals surface area contributed by atoms with Crippen LogP contribution >= 0.6 is 0 Å². The number of halogens is 2. The summed E-state index contributed by atoms with van der Waals surface area (Å²) in [5.74, 6) is -0.676. The molecular weight excluding hydrogens is 1050 g/mol. The molecule has 5 aromatic carbocycles. The lowest BCUT2D eigenvalue weighted by Crippen LogP contribution is -2.44. The molecule has 8 aromatic rings. The molecular formula is C62H63F2N11O7. The van der Waals surface area contributed by atoms with Gasteiger partial charge in [0.15, 0.2) is 5.75 Å². The normalized spacial score (nSPS) is 19.8. The molecule has 2 bridgehead atoms. The summed E-state index contributed by atoms with van der Waals surface area (Å²) in [5.41, 5.74) is 7.75. The summed E-state index contributed by atoms with van der Waals surface area (Å²) in [7, 11) is 0. The molecule has 422 valence electrons. The first-order chi connectivity index (χ1) is 39.9. The van der Waals surface area contributed by atoms with Crippen molar-refractivity contribution in [2.75, 3.05) is 44.4 Å². The van der Waals surface area contributed by atoms with Gasteiger partial charge in [-0.2, -0.15) is 15.1 Å². The summed E-state index contributed by atoms with van der Waals surface area (Å²) in [6.07, 6.45) is 7.90. The van der Waals surface area contributed by atoms with Gasteiger partial charge in [0.2, 0.25) is 0 Å². The summed E-state index contributed by atoms with van der Waals surface area (Å²) in [6, 6.07) is 23.7. The van der Waals surface area contributed by atoms with E-state index in [2.05, 4.69) is 42.1 Å². The van der Waals surface area contributed by atoms with E-state index >= 15 is 4.39 Å². The van der Waals surface area contributed by atoms with Crippen LogP contribution in [0, 0.1) is 24.5 Å². The zero-order chi connectivity index (χ0) is 56.3. The van der Waals surface area contributed by atoms with E-state index in [1.54, 1.807) is 61.8 Å². The molecule has 3 saturated heterocycles. The fourth-order valence-corrected chi connectivity index (χ4v) is 12.3. The van der Waals surface area contributed by atoms with E-state index in [0.29, 0.717) is 82.4 Å². The number of nitrogens with one attached hydrogen (secondary N) is 3. The smallest absolute Gasteiger partial charge is 0.319 e. The monoisotopic (exact) mass is 1110 g/mol. The van der Waals surface area contributed by atoms with Gasteiger partial charge < -0.3 is 44.9 Å². The first-order valence-corrected chi connectivity index (χ1v) is 28.2. The van der Waals surface area contributed by atoms with Crippen molar-refractivity contribution in [2.45, 2.75) is 102 Å². The largest absolute Gasteiger partial charge is 0.486 e. The highest BCUT2D eigenvalue weighted by Gasteiger charge is 2.42. The van der Waals surface area contributed by atoms with Gasteiger partial charge >= 0.3 is 6.01 Å². The summed E-state index contributed by atoms with van der Waals surface area (Å²) in [4.78, 5) is 42.6. The average Bonchev–Trinajstić information content (AvgIpc) is 3.31. The molecule has 13 rings (SSSR count). The van der Waals surface area contributed by atoms with E-state index in [1.165, 1.54) is 27.8 Å². The van der Waals surface area contributed by atoms with E-state index in [4.69, 9.17) is 24.2 Å². The number of hydrogen-bond donors (Lipinski definition) is 5. The van der Waals surface area contributed by atoms with Gasteiger partial charge in [0.25, 0.3) is 11.8 Å². The number of nitrogens with zero attached hydrogens (tertiary/aromatic N) is 8. The molecule has 1 aliphatic carbocycles. The Morgan fingerprint density at radius 1 is 0.915 bits per heavy atom. The average molecular weight is 1110 g/mol. The minimum absolute atomic E-state index is 0.0597. The van der Waals surface area contributed by atoms with E-state index in [0.717, 1.165) is 71.2 Å². The first-order valence-electron chi connectivity index (χ1n) is 28.2. The van der Waals surface area contributed by atoms with Crippen molar-refractivity contribution in [3.63, 3.8) is 0 Å². The number of benzene rings is 5. The molecule has 5 atom stereocenters. The number of piperazine rings is 1. The van der Waals surface area contributed by atoms with Gasteiger partial charge in [0.05, 0.1) is 56.4 Å². The molecule has 18 nitrogen and oxygen atoms in total. The van der Waals surface area contributed by atoms with Gasteiger partial charge in [-0.25, -0.2) is 13.5 Å². The number of anilines is 1. The highest BCUT2D eigenvalue weighted by molar-refractivity contribution is 6.06. The number of aliphatic hydroxyl groups is 2. The van der Waals surface area contributed by atoms with Crippen LogP contribution in [0.1, 0.15) is 86.2 Å². The van der Waals surface area contributed by atoms with Crippen LogP contribution in [-0.4, -0.2) is 126 Å². The second-order valence-corrected chi connectivity index (χ2v) is 22.6. The second-order valence-electron chi connectivity index (χ2n) is 22.6. The molecule has 2 amide bonds. The number of hydrogen-bond acceptors (Lipinski definition) is 14. The summed E-state index contributed by atoms with van der Waals surface area (Å²) in [5, 5.41) is 45.6. The highest BCUT2D eigenvalue weighted by atomic mass is 19.1. The highest BCUT2D eigenvalue weighted by Crippen LogP contribution is 2.53. The Kier molecular flexibility index (Phi) is 14.2. The standard InChI is InChI=1S/C62H63F2N11O7/c1-33(2)57(61(79)74-29-42(77)23-53(74)60(78)67-52(31-76)39-16-14-36(15-17-39)44-6-4-5-7-48(44)63)75-30-51(71-72-75)38-10-8-35(9-11-38)32-81-58-55(54-34(3)49(64)25-50-47(54)27-66-70-50)45(37-12-13-37)24-46-56(58)68-62(82-43-18-20-80-21-19-43)69-59(46)73-28-40-22-41(73)26-65-40/h4-11,14-17,23-25,27,30,33,37,40-43,52,57,65,76-77H,12-13,18-22,26,28-29,31-32H2,1-3H3,(H,66,70)(H,67,78)/t40-,41-,42+,52-,57-/m0/s1. The van der Waals surface area contributed by atoms with Gasteiger partial charge in [0, 0.05) is 71.0 Å². The Labute approximate surface area is 471 Å². The molecule has 0 spiro atoms. The predicted molar refractivity (Wildman–Crippen MR) is 303 cm³/mol. The number of fused-ring (bicyclic) bond motifs is 4. The van der Waals surface area contributed by atoms with E-state index in [-0.39, 0.29) is 60.5 Å². The predicted octanol–water partition coefficient (Wildman–Crippen LogP) is 8.38. The fourth-order valence-electron chi connectivity index (χ4n) is 12.3. The molecule has 7 heterocycles. The van der Waals surface area contributed by atoms with Crippen molar-refractivity contribution in [1.29, 1.82) is 0 Å². The number of amides is 2. The zero-order valence-corrected chi connectivity index (χ0v) is 45.7. The maximum atomic E-state index is 16.2. The molecule has 4 fully saturated rings. The van der Waals surface area contributed by atoms with Crippen LogP contribution in [0.5, 0.6) is 11.8 Å². The third kappa shape index (κ3) is 10.1. The number of H-pyrrole nitrogens is 1. The van der Waals surface area contributed by atoms with Crippen LogP contribution in [0.3, 0.4) is 0 Å². The number of carbonyl (C=O) groups excluding carboxylic acids is 2. The maximum absolute atomic E-state index is 16.2. The second kappa shape index (κ2) is 22.0. The van der Waals surface area contributed by atoms with Crippen LogP contribution in [0.15, 0.2) is 109 Å². The van der Waals surface area contributed by atoms with Crippen LogP contribution in [-0.2, 0) is 20.9 Å². The number of rotatable bonds is 17. The van der Waals surface area contributed by atoms with Gasteiger partial charge in [-0.1, -0.05) is 85.8 Å². The lowest BCUT2D eigenvalue weighted by molar-refractivity contribution is -0.137. The van der Waals surface area contributed by atoms with Crippen molar-refractivity contribution in [3.05, 3.63) is 143 Å². The number of β-amino-alcohol motifs (C(OH)–C–C–N with tert-alkyl or cyclic N) is 1. The minimum Gasteiger partial charge on any atom is -0.486 e. The quantitative estimate of drug-likeness (QED) is 0.0579. The van der Waals surface area contributed by atoms with Gasteiger partial charge in [-0.3, -0.25) is 14.7 Å². The Morgan fingerprint density at radius 3 is 2.41 bits per heavy atom. The maximum Gasteiger partial charge on any atom is 0.319 e. The molecule has 1 saturated carbocycles. The van der Waals surface area contributed by atoms with Gasteiger partial charge in [-0.05, 0) is 90.1 Å². The topological polar surface area (TPSA) is 218 Å². The zero-order valence-electron chi connectivity index (χ0n) is 45.7. The lowest BCUT2D eigenvalue weighted by atomic mass is 9.88. The van der Waals surface area contributed by atoms with Gasteiger partial charge in [-0.15, -0.1) is 5.10 Å². The lowest BCUT2D eigenvalue weighted by Gasteiger charge is -2.31. The van der Waals surface area contributed by atoms with Crippen molar-refractivity contribution in [3.8, 4) is 45.3 Å². The molecule has 20 heteroatoms. The van der Waals surface area contributed by atoms with Crippen molar-refractivity contribution in [1.82, 2.24) is 50.7 Å². The molecule has 0 unspecified atom stereocenters. The number of aromatic nitrogens is 7. The number of carbonyl (C=O) groups is 2. The van der Waals surface area contributed by atoms with Crippen LogP contribution in [0.4, 0.5) is 14.6 Å². The van der Waals surface area contributed by atoms with Crippen molar-refractivity contribution < 1.29 is 42.8 Å². The summed E-state index contributed by atoms with van der Waals surface area (Å²) >= 11 is 0. The Morgan fingerprint density at radius 2 is 1.70 bits per heavy atom. The summed E-state index contributed by atoms with van der Waals surface area (Å²) < 4.78 is 51.6.